The number of hydrogen-bond acceptors (Lipinski definition) is 3. The Balaban J connectivity index is 2.02. The molecular weight excluding hydrogens is 214 g/mol. The third kappa shape index (κ3) is 3.19. The summed E-state index contributed by atoms with van der Waals surface area (Å²) in [4.78, 5) is 4.17. The van der Waals surface area contributed by atoms with Crippen LogP contribution in [0.1, 0.15) is 38.2 Å². The predicted octanol–water partition coefficient (Wildman–Crippen LogP) is 2.32. The number of nitrogens with two attached hydrogens (primary N) is 1. The van der Waals surface area contributed by atoms with Crippen molar-refractivity contribution in [2.45, 2.75) is 38.7 Å². The van der Waals surface area contributed by atoms with Gasteiger partial charge in [-0.15, -0.1) is 0 Å². The van der Waals surface area contributed by atoms with Gasteiger partial charge in [-0.3, -0.25) is 5.41 Å². The molecule has 2 atom stereocenters. The molecule has 92 valence electrons. The summed E-state index contributed by atoms with van der Waals surface area (Å²) in [6.45, 7) is 2.26. The van der Waals surface area contributed by atoms with Crippen molar-refractivity contribution >= 4 is 5.84 Å². The van der Waals surface area contributed by atoms with Gasteiger partial charge in [-0.1, -0.05) is 13.3 Å². The van der Waals surface area contributed by atoms with Crippen molar-refractivity contribution in [2.24, 2.45) is 11.7 Å². The molecule has 1 fully saturated rings. The molecule has 17 heavy (non-hydrogen) atoms. The molecular formula is C13H19N3O. The van der Waals surface area contributed by atoms with Crippen molar-refractivity contribution in [2.75, 3.05) is 0 Å². The normalized spacial score (nSPS) is 24.3. The fourth-order valence-corrected chi connectivity index (χ4v) is 2.30. The largest absolute Gasteiger partial charge is 0.474 e. The molecule has 1 aromatic heterocycles. The van der Waals surface area contributed by atoms with E-state index in [0.29, 0.717) is 11.4 Å². The fourth-order valence-electron chi connectivity index (χ4n) is 2.30. The highest BCUT2D eigenvalue weighted by atomic mass is 16.5. The topological polar surface area (TPSA) is 72.0 Å². The third-order valence-corrected chi connectivity index (χ3v) is 3.22. The molecule has 3 N–H and O–H groups in total. The lowest BCUT2D eigenvalue weighted by atomic mass is 9.89. The molecule has 1 aliphatic rings. The summed E-state index contributed by atoms with van der Waals surface area (Å²) in [5.41, 5.74) is 6.10. The summed E-state index contributed by atoms with van der Waals surface area (Å²) >= 11 is 0. The van der Waals surface area contributed by atoms with Gasteiger partial charge in [-0.25, -0.2) is 4.98 Å². The summed E-state index contributed by atoms with van der Waals surface area (Å²) in [5.74, 6) is 1.36. The molecule has 0 aromatic carbocycles. The lowest BCUT2D eigenvalue weighted by molar-refractivity contribution is 0.124. The second-order valence-electron chi connectivity index (χ2n) is 4.81. The van der Waals surface area contributed by atoms with Gasteiger partial charge in [0.2, 0.25) is 5.88 Å². The number of amidine groups is 1. The second-order valence-corrected chi connectivity index (χ2v) is 4.81. The number of ether oxygens (including phenoxy) is 1. The van der Waals surface area contributed by atoms with Gasteiger partial charge in [-0.05, 0) is 31.2 Å². The molecule has 0 aliphatic heterocycles. The zero-order valence-corrected chi connectivity index (χ0v) is 10.1. The van der Waals surface area contributed by atoms with E-state index < -0.39 is 0 Å². The van der Waals surface area contributed by atoms with Crippen LogP contribution in [-0.2, 0) is 0 Å². The highest BCUT2D eigenvalue weighted by Gasteiger charge is 2.20. The molecule has 1 aliphatic carbocycles. The first kappa shape index (κ1) is 11.9. The number of hydrogen-bond donors (Lipinski definition) is 2. The van der Waals surface area contributed by atoms with Crippen LogP contribution >= 0.6 is 0 Å². The molecule has 2 unspecified atom stereocenters. The molecule has 0 spiro atoms. The fraction of sp³-hybridized carbons (Fsp3) is 0.538. The molecule has 4 heteroatoms. The van der Waals surface area contributed by atoms with Crippen LogP contribution in [0.15, 0.2) is 18.3 Å². The number of nitrogens with zero attached hydrogens (tertiary/aromatic N) is 1. The summed E-state index contributed by atoms with van der Waals surface area (Å²) in [7, 11) is 0. The van der Waals surface area contributed by atoms with Crippen LogP contribution in [0.3, 0.4) is 0 Å². The summed E-state index contributed by atoms with van der Waals surface area (Å²) < 4.78 is 5.85. The van der Waals surface area contributed by atoms with Crippen molar-refractivity contribution < 1.29 is 4.74 Å². The van der Waals surface area contributed by atoms with Crippen LogP contribution in [0.4, 0.5) is 0 Å². The zero-order chi connectivity index (χ0) is 12.3. The number of nitrogen functional groups attached to an aromatic ring is 1. The highest BCUT2D eigenvalue weighted by Crippen LogP contribution is 2.26. The van der Waals surface area contributed by atoms with E-state index in [1.54, 1.807) is 18.3 Å². The Hall–Kier alpha value is -1.58. The van der Waals surface area contributed by atoms with E-state index in [0.717, 1.165) is 18.8 Å². The molecule has 1 saturated carbocycles. The standard InChI is InChI=1S/C13H19N3O/c1-9-3-2-4-11(7-9)17-12-8-10(13(14)15)5-6-16-12/h5-6,8-9,11H,2-4,7H2,1H3,(H3,14,15). The first-order valence-electron chi connectivity index (χ1n) is 6.12. The van der Waals surface area contributed by atoms with Crippen LogP contribution in [0.2, 0.25) is 0 Å². The van der Waals surface area contributed by atoms with Gasteiger partial charge in [0.05, 0.1) is 0 Å². The zero-order valence-electron chi connectivity index (χ0n) is 10.1. The Labute approximate surface area is 102 Å². The smallest absolute Gasteiger partial charge is 0.214 e. The minimum atomic E-state index is 0.0502. The van der Waals surface area contributed by atoms with Gasteiger partial charge in [0.15, 0.2) is 0 Å². The lowest BCUT2D eigenvalue weighted by Gasteiger charge is -2.26. The van der Waals surface area contributed by atoms with Crippen molar-refractivity contribution in [1.29, 1.82) is 5.41 Å². The quantitative estimate of drug-likeness (QED) is 0.621. The minimum absolute atomic E-state index is 0.0502. The van der Waals surface area contributed by atoms with E-state index in [2.05, 4.69) is 11.9 Å². The minimum Gasteiger partial charge on any atom is -0.474 e. The number of aromatic nitrogens is 1. The summed E-state index contributed by atoms with van der Waals surface area (Å²) in [6, 6.07) is 3.46. The van der Waals surface area contributed by atoms with E-state index in [4.69, 9.17) is 15.9 Å². The van der Waals surface area contributed by atoms with E-state index in [-0.39, 0.29) is 11.9 Å². The molecule has 0 radical (unpaired) electrons. The SMILES string of the molecule is CC1CCCC(Oc2cc(C(=N)N)ccn2)C1. The van der Waals surface area contributed by atoms with Crippen LogP contribution < -0.4 is 10.5 Å². The van der Waals surface area contributed by atoms with Crippen molar-refractivity contribution in [3.63, 3.8) is 0 Å². The molecule has 2 rings (SSSR count). The van der Waals surface area contributed by atoms with Gasteiger partial charge in [0.1, 0.15) is 11.9 Å². The van der Waals surface area contributed by atoms with Gasteiger partial charge < -0.3 is 10.5 Å². The van der Waals surface area contributed by atoms with Crippen LogP contribution in [0.25, 0.3) is 0 Å². The average molecular weight is 233 g/mol. The molecule has 4 nitrogen and oxygen atoms in total. The number of rotatable bonds is 3. The van der Waals surface area contributed by atoms with Gasteiger partial charge in [-0.2, -0.15) is 0 Å². The Morgan fingerprint density at radius 3 is 3.06 bits per heavy atom. The molecule has 0 bridgehead atoms. The maximum atomic E-state index is 7.38. The maximum absolute atomic E-state index is 7.38. The lowest BCUT2D eigenvalue weighted by Crippen LogP contribution is -2.24. The Morgan fingerprint density at radius 1 is 1.53 bits per heavy atom. The summed E-state index contributed by atoms with van der Waals surface area (Å²) in [5, 5.41) is 7.38. The first-order valence-corrected chi connectivity index (χ1v) is 6.12. The molecule has 0 amide bonds. The first-order chi connectivity index (χ1) is 8.15. The maximum Gasteiger partial charge on any atom is 0.214 e. The van der Waals surface area contributed by atoms with Gasteiger partial charge >= 0.3 is 0 Å². The summed E-state index contributed by atoms with van der Waals surface area (Å²) in [6.07, 6.45) is 6.59. The Kier molecular flexibility index (Phi) is 3.61. The van der Waals surface area contributed by atoms with Crippen LogP contribution in [0.5, 0.6) is 5.88 Å². The number of pyridine rings is 1. The van der Waals surface area contributed by atoms with Gasteiger partial charge in [0, 0.05) is 17.8 Å². The van der Waals surface area contributed by atoms with Crippen molar-refractivity contribution in [3.05, 3.63) is 23.9 Å². The van der Waals surface area contributed by atoms with E-state index in [9.17, 15) is 0 Å². The average Bonchev–Trinajstić information content (AvgIpc) is 2.29. The van der Waals surface area contributed by atoms with Crippen molar-refractivity contribution in [3.8, 4) is 5.88 Å². The number of nitrogens with one attached hydrogen (secondary N) is 1. The third-order valence-electron chi connectivity index (χ3n) is 3.22. The predicted molar refractivity (Wildman–Crippen MR) is 67.3 cm³/mol. The van der Waals surface area contributed by atoms with Crippen molar-refractivity contribution in [1.82, 2.24) is 4.98 Å². The second kappa shape index (κ2) is 5.17. The highest BCUT2D eigenvalue weighted by molar-refractivity contribution is 5.95. The monoisotopic (exact) mass is 233 g/mol. The molecule has 1 heterocycles. The van der Waals surface area contributed by atoms with E-state index >= 15 is 0 Å². The Morgan fingerprint density at radius 2 is 2.35 bits per heavy atom. The molecule has 1 aromatic rings. The van der Waals surface area contributed by atoms with Crippen LogP contribution in [-0.4, -0.2) is 16.9 Å². The van der Waals surface area contributed by atoms with Crippen LogP contribution in [0, 0.1) is 11.3 Å². The molecule has 0 saturated heterocycles. The Bertz CT molecular complexity index is 405. The van der Waals surface area contributed by atoms with E-state index in [1.165, 1.54) is 12.8 Å². The van der Waals surface area contributed by atoms with E-state index in [1.807, 2.05) is 0 Å². The van der Waals surface area contributed by atoms with Gasteiger partial charge in [0.25, 0.3) is 0 Å².